The van der Waals surface area contributed by atoms with Crippen LogP contribution in [0.2, 0.25) is 0 Å². The monoisotopic (exact) mass is 429 g/mol. The molecule has 0 radical (unpaired) electrons. The largest absolute Gasteiger partial charge is 0.379 e. The van der Waals surface area contributed by atoms with Gasteiger partial charge in [0.15, 0.2) is 5.96 Å². The van der Waals surface area contributed by atoms with Gasteiger partial charge in [0.25, 0.3) is 0 Å². The van der Waals surface area contributed by atoms with Crippen LogP contribution < -0.4 is 10.6 Å². The molecule has 3 rings (SSSR count). The maximum absolute atomic E-state index is 5.58. The molecule has 2 N–H and O–H groups in total. The van der Waals surface area contributed by atoms with Gasteiger partial charge in [-0.25, -0.2) is 9.98 Å². The van der Waals surface area contributed by atoms with Crippen LogP contribution in [0.15, 0.2) is 34.6 Å². The first-order valence-electron chi connectivity index (χ1n) is 10.9. The molecule has 1 saturated heterocycles. The summed E-state index contributed by atoms with van der Waals surface area (Å²) in [5.41, 5.74) is 3.77. The van der Waals surface area contributed by atoms with Crippen molar-refractivity contribution in [3.8, 4) is 0 Å². The van der Waals surface area contributed by atoms with Crippen LogP contribution >= 0.6 is 11.3 Å². The lowest BCUT2D eigenvalue weighted by Gasteiger charge is -2.35. The van der Waals surface area contributed by atoms with Crippen molar-refractivity contribution < 1.29 is 4.74 Å². The molecule has 1 unspecified atom stereocenters. The Labute approximate surface area is 184 Å². The van der Waals surface area contributed by atoms with E-state index < -0.39 is 0 Å². The molecule has 30 heavy (non-hydrogen) atoms. The molecule has 2 heterocycles. The molecule has 0 bridgehead atoms. The highest BCUT2D eigenvalue weighted by atomic mass is 32.1. The molecule has 1 fully saturated rings. The molecule has 1 aromatic heterocycles. The van der Waals surface area contributed by atoms with Crippen LogP contribution in [0.4, 0.5) is 0 Å². The van der Waals surface area contributed by atoms with Crippen LogP contribution in [0, 0.1) is 6.92 Å². The number of ether oxygens (including phenoxy) is 1. The third kappa shape index (κ3) is 6.52. The van der Waals surface area contributed by atoms with Crippen LogP contribution in [0.3, 0.4) is 0 Å². The van der Waals surface area contributed by atoms with Crippen molar-refractivity contribution in [2.45, 2.75) is 46.2 Å². The number of aromatic nitrogens is 1. The first-order chi connectivity index (χ1) is 14.6. The lowest BCUT2D eigenvalue weighted by atomic mass is 10.0. The summed E-state index contributed by atoms with van der Waals surface area (Å²) in [6.07, 6.45) is 0. The van der Waals surface area contributed by atoms with Gasteiger partial charge in [-0.1, -0.05) is 43.7 Å². The van der Waals surface area contributed by atoms with E-state index >= 15 is 0 Å². The fraction of sp³-hybridized carbons (Fsp3) is 0.565. The number of benzene rings is 1. The number of thiazole rings is 1. The van der Waals surface area contributed by atoms with Gasteiger partial charge in [0, 0.05) is 31.6 Å². The van der Waals surface area contributed by atoms with Crippen molar-refractivity contribution >= 4 is 17.3 Å². The van der Waals surface area contributed by atoms with E-state index in [0.717, 1.165) is 56.1 Å². The zero-order valence-corrected chi connectivity index (χ0v) is 19.5. The Bertz CT molecular complexity index is 813. The third-order valence-electron chi connectivity index (χ3n) is 5.25. The molecular weight excluding hydrogens is 394 g/mol. The minimum atomic E-state index is 0.282. The smallest absolute Gasteiger partial charge is 0.191 e. The van der Waals surface area contributed by atoms with E-state index in [9.17, 15) is 0 Å². The summed E-state index contributed by atoms with van der Waals surface area (Å²) in [6.45, 7) is 14.3. The van der Waals surface area contributed by atoms with Crippen molar-refractivity contribution in [3.05, 3.63) is 51.5 Å². The maximum atomic E-state index is 5.58. The second-order valence-corrected chi connectivity index (χ2v) is 8.92. The summed E-state index contributed by atoms with van der Waals surface area (Å²) < 4.78 is 5.58. The number of guanidine groups is 1. The molecule has 0 amide bonds. The molecule has 164 valence electrons. The van der Waals surface area contributed by atoms with Crippen LogP contribution in [0.1, 0.15) is 54.6 Å². The standard InChI is InChI=1S/C23H35N5OS/c1-5-24-23(26-15-22-27-20(16-30-22)17(2)3)25-14-21(28-9-11-29-12-10-28)19-8-6-7-18(4)13-19/h6-8,13,16-17,21H,5,9-12,14-15H2,1-4H3,(H2,24,25,26). The fourth-order valence-corrected chi connectivity index (χ4v) is 4.45. The Morgan fingerprint density at radius 1 is 1.27 bits per heavy atom. The summed E-state index contributed by atoms with van der Waals surface area (Å²) in [4.78, 5) is 12.0. The number of aryl methyl sites for hydroxylation is 1. The zero-order valence-electron chi connectivity index (χ0n) is 18.6. The van der Waals surface area contributed by atoms with Crippen LogP contribution in [-0.4, -0.2) is 55.2 Å². The number of hydrogen-bond donors (Lipinski definition) is 2. The van der Waals surface area contributed by atoms with Gasteiger partial charge < -0.3 is 15.4 Å². The Balaban J connectivity index is 1.69. The van der Waals surface area contributed by atoms with Gasteiger partial charge in [-0.05, 0) is 25.3 Å². The molecule has 0 spiro atoms. The second-order valence-electron chi connectivity index (χ2n) is 7.98. The Morgan fingerprint density at radius 2 is 2.07 bits per heavy atom. The SMILES string of the molecule is CCNC(=NCc1nc(C(C)C)cs1)NCC(c1cccc(C)c1)N1CCOCC1. The maximum Gasteiger partial charge on any atom is 0.191 e. The normalized spacial score (nSPS) is 16.6. The molecule has 1 aliphatic rings. The van der Waals surface area contributed by atoms with Crippen molar-refractivity contribution in [1.82, 2.24) is 20.5 Å². The first kappa shape index (κ1) is 22.7. The number of morpholine rings is 1. The number of rotatable bonds is 8. The van der Waals surface area contributed by atoms with Gasteiger partial charge in [0.05, 0.1) is 31.5 Å². The van der Waals surface area contributed by atoms with Gasteiger partial charge in [-0.2, -0.15) is 0 Å². The van der Waals surface area contributed by atoms with Crippen molar-refractivity contribution in [2.24, 2.45) is 4.99 Å². The predicted octanol–water partition coefficient (Wildman–Crippen LogP) is 3.70. The summed E-state index contributed by atoms with van der Waals surface area (Å²) in [7, 11) is 0. The van der Waals surface area contributed by atoms with E-state index in [1.54, 1.807) is 11.3 Å². The van der Waals surface area contributed by atoms with Crippen LogP contribution in [0.5, 0.6) is 0 Å². The number of aliphatic imine (C=N–C) groups is 1. The number of hydrogen-bond acceptors (Lipinski definition) is 5. The number of nitrogens with one attached hydrogen (secondary N) is 2. The molecule has 7 heteroatoms. The highest BCUT2D eigenvalue weighted by molar-refractivity contribution is 7.09. The topological polar surface area (TPSA) is 61.8 Å². The lowest BCUT2D eigenvalue weighted by molar-refractivity contribution is 0.0170. The molecular formula is C23H35N5OS. The van der Waals surface area contributed by atoms with E-state index in [0.29, 0.717) is 12.5 Å². The molecule has 1 atom stereocenters. The highest BCUT2D eigenvalue weighted by Crippen LogP contribution is 2.22. The minimum Gasteiger partial charge on any atom is -0.379 e. The fourth-order valence-electron chi connectivity index (χ4n) is 3.57. The van der Waals surface area contributed by atoms with Crippen LogP contribution in [0.25, 0.3) is 0 Å². The lowest BCUT2D eigenvalue weighted by Crippen LogP contribution is -2.46. The summed E-state index contributed by atoms with van der Waals surface area (Å²) in [5.74, 6) is 1.29. The summed E-state index contributed by atoms with van der Waals surface area (Å²) in [6, 6.07) is 9.09. The van der Waals surface area contributed by atoms with Crippen LogP contribution in [-0.2, 0) is 11.3 Å². The number of nitrogens with zero attached hydrogens (tertiary/aromatic N) is 3. The molecule has 1 aromatic carbocycles. The van der Waals surface area contributed by atoms with Gasteiger partial charge in [0.1, 0.15) is 5.01 Å². The van der Waals surface area contributed by atoms with Crippen molar-refractivity contribution in [1.29, 1.82) is 0 Å². The summed E-state index contributed by atoms with van der Waals surface area (Å²) >= 11 is 1.69. The highest BCUT2D eigenvalue weighted by Gasteiger charge is 2.23. The van der Waals surface area contributed by atoms with Gasteiger partial charge in [-0.3, -0.25) is 4.90 Å². The minimum absolute atomic E-state index is 0.282. The van der Waals surface area contributed by atoms with Crippen molar-refractivity contribution in [3.63, 3.8) is 0 Å². The third-order valence-corrected chi connectivity index (χ3v) is 6.11. The quantitative estimate of drug-likeness (QED) is 0.495. The summed E-state index contributed by atoms with van der Waals surface area (Å²) in [5, 5.41) is 10.1. The second kappa shape index (κ2) is 11.4. The van der Waals surface area contributed by atoms with Gasteiger partial charge >= 0.3 is 0 Å². The first-order valence-corrected chi connectivity index (χ1v) is 11.8. The molecule has 0 aliphatic carbocycles. The van der Waals surface area contributed by atoms with Gasteiger partial charge in [0.2, 0.25) is 0 Å². The Hall–Kier alpha value is -1.96. The van der Waals surface area contributed by atoms with E-state index in [-0.39, 0.29) is 6.04 Å². The molecule has 2 aromatic rings. The van der Waals surface area contributed by atoms with Crippen molar-refractivity contribution in [2.75, 3.05) is 39.4 Å². The average Bonchev–Trinajstić information content (AvgIpc) is 3.22. The van der Waals surface area contributed by atoms with Gasteiger partial charge in [-0.15, -0.1) is 11.3 Å². The zero-order chi connectivity index (χ0) is 21.3. The molecule has 6 nitrogen and oxygen atoms in total. The van der Waals surface area contributed by atoms with E-state index in [1.807, 2.05) is 0 Å². The predicted molar refractivity (Wildman–Crippen MR) is 125 cm³/mol. The average molecular weight is 430 g/mol. The molecule has 0 saturated carbocycles. The Morgan fingerprint density at radius 3 is 2.73 bits per heavy atom. The van der Waals surface area contributed by atoms with E-state index in [4.69, 9.17) is 14.7 Å². The van der Waals surface area contributed by atoms with E-state index in [1.165, 1.54) is 11.1 Å². The molecule has 1 aliphatic heterocycles. The van der Waals surface area contributed by atoms with E-state index in [2.05, 4.69) is 72.9 Å². The Kier molecular flexibility index (Phi) is 8.66.